The fraction of sp³-hybridized carbons (Fsp3) is 0.567. The van der Waals surface area contributed by atoms with Crippen molar-refractivity contribution in [3.05, 3.63) is 59.7 Å². The van der Waals surface area contributed by atoms with Gasteiger partial charge < -0.3 is 10.2 Å². The predicted octanol–water partition coefficient (Wildman–Crippen LogP) is 6.35. The van der Waals surface area contributed by atoms with Gasteiger partial charge in [0.2, 0.25) is 5.91 Å². The van der Waals surface area contributed by atoms with Crippen LogP contribution in [0.3, 0.4) is 0 Å². The molecule has 2 rings (SSSR count). The van der Waals surface area contributed by atoms with Crippen molar-refractivity contribution in [2.75, 3.05) is 26.3 Å². The Morgan fingerprint density at radius 1 is 0.875 bits per heavy atom. The van der Waals surface area contributed by atoms with Crippen molar-refractivity contribution in [3.63, 3.8) is 0 Å². The summed E-state index contributed by atoms with van der Waals surface area (Å²) in [7, 11) is -4.38. The number of allylic oxidation sites excluding steroid dienone is 4. The van der Waals surface area contributed by atoms with Crippen LogP contribution in [0.1, 0.15) is 105 Å². The number of nitrogens with one attached hydrogen (secondary N) is 1. The van der Waals surface area contributed by atoms with Crippen molar-refractivity contribution in [2.24, 2.45) is 0 Å². The van der Waals surface area contributed by atoms with Gasteiger partial charge in [-0.25, -0.2) is 4.57 Å². The van der Waals surface area contributed by atoms with Crippen molar-refractivity contribution >= 4 is 25.5 Å². The monoisotopic (exact) mass is 576 g/mol. The highest BCUT2D eigenvalue weighted by atomic mass is 31.2. The second kappa shape index (κ2) is 19.5. The number of amides is 3. The highest BCUT2D eigenvalue weighted by Gasteiger charge is 2.35. The zero-order valence-corrected chi connectivity index (χ0v) is 24.6. The van der Waals surface area contributed by atoms with E-state index < -0.39 is 19.6 Å². The number of unbranched alkanes of at least 4 members (excludes halogenated alkanes) is 8. The van der Waals surface area contributed by atoms with Crippen LogP contribution in [0.25, 0.3) is 0 Å². The van der Waals surface area contributed by atoms with Crippen LogP contribution >= 0.6 is 7.82 Å². The second-order valence-electron chi connectivity index (χ2n) is 9.77. The third kappa shape index (κ3) is 13.2. The molecule has 3 amide bonds. The number of fused-ring (bicyclic) bond motifs is 1. The van der Waals surface area contributed by atoms with Gasteiger partial charge in [-0.1, -0.05) is 75.5 Å². The molecular weight excluding hydrogens is 531 g/mol. The number of benzene rings is 1. The summed E-state index contributed by atoms with van der Waals surface area (Å²) in [4.78, 5) is 47.4. The molecule has 0 radical (unpaired) electrons. The highest BCUT2D eigenvalue weighted by molar-refractivity contribution is 7.47. The largest absolute Gasteiger partial charge is 0.472 e. The van der Waals surface area contributed by atoms with Crippen molar-refractivity contribution in [1.29, 1.82) is 0 Å². The maximum Gasteiger partial charge on any atom is 0.472 e. The summed E-state index contributed by atoms with van der Waals surface area (Å²) in [5.41, 5.74) is 0.595. The number of phosphoric ester groups is 1. The zero-order chi connectivity index (χ0) is 29.1. The Balaban J connectivity index is 1.43. The Morgan fingerprint density at radius 2 is 1.45 bits per heavy atom. The molecule has 1 aliphatic heterocycles. The van der Waals surface area contributed by atoms with Gasteiger partial charge in [0.1, 0.15) is 0 Å². The molecule has 1 atom stereocenters. The Morgan fingerprint density at radius 3 is 2.10 bits per heavy atom. The minimum Gasteiger partial charge on any atom is -0.354 e. The van der Waals surface area contributed by atoms with E-state index in [9.17, 15) is 23.8 Å². The number of phosphoric acid groups is 1. The summed E-state index contributed by atoms with van der Waals surface area (Å²) in [6.07, 6.45) is 21.7. The van der Waals surface area contributed by atoms with Crippen molar-refractivity contribution in [1.82, 2.24) is 10.2 Å². The maximum absolute atomic E-state index is 12.3. The SMILES string of the molecule is CCCCCC=CCC=CCCCCCCCC(=O)NCCOP(=O)(O)OCCN1C(=O)c2ccccc2C1=O. The van der Waals surface area contributed by atoms with Crippen LogP contribution in [0.15, 0.2) is 48.6 Å². The van der Waals surface area contributed by atoms with Gasteiger partial charge >= 0.3 is 7.82 Å². The highest BCUT2D eigenvalue weighted by Crippen LogP contribution is 2.42. The summed E-state index contributed by atoms with van der Waals surface area (Å²) in [6.45, 7) is 1.57. The Bertz CT molecular complexity index is 1010. The molecule has 0 bridgehead atoms. The van der Waals surface area contributed by atoms with Crippen LogP contribution in [0.4, 0.5) is 0 Å². The third-order valence-corrected chi connectivity index (χ3v) is 7.50. The van der Waals surface area contributed by atoms with Crippen molar-refractivity contribution in [3.8, 4) is 0 Å². The van der Waals surface area contributed by atoms with E-state index in [0.717, 1.165) is 49.8 Å². The molecule has 1 aromatic carbocycles. The van der Waals surface area contributed by atoms with Crippen LogP contribution in [0.5, 0.6) is 0 Å². The molecule has 40 heavy (non-hydrogen) atoms. The quantitative estimate of drug-likeness (QED) is 0.0714. The number of imide groups is 1. The van der Waals surface area contributed by atoms with Gasteiger partial charge in [-0.05, 0) is 50.7 Å². The second-order valence-corrected chi connectivity index (χ2v) is 11.2. The van der Waals surface area contributed by atoms with Gasteiger partial charge in [-0.3, -0.25) is 28.3 Å². The normalized spacial score (nSPS) is 14.8. The summed E-state index contributed by atoms with van der Waals surface area (Å²) >= 11 is 0. The average molecular weight is 577 g/mol. The van der Waals surface area contributed by atoms with E-state index in [0.29, 0.717) is 17.5 Å². The molecule has 2 N–H and O–H groups in total. The summed E-state index contributed by atoms with van der Waals surface area (Å²) in [5.74, 6) is -1.07. The first-order valence-corrected chi connectivity index (χ1v) is 16.0. The molecule has 0 saturated heterocycles. The van der Waals surface area contributed by atoms with Crippen LogP contribution < -0.4 is 5.32 Å². The molecule has 0 aliphatic carbocycles. The van der Waals surface area contributed by atoms with E-state index in [-0.39, 0.29) is 32.2 Å². The standard InChI is InChI=1S/C30H45N2O7P/c1-2-3-4-5-6-7-8-9-10-11-12-13-14-15-16-21-28(33)31-22-24-38-40(36,37)39-25-23-32-29(34)26-19-17-18-20-27(26)30(32)35/h6-7,9-10,17-20H,2-5,8,11-16,21-25H2,1H3,(H,31,33)(H,36,37). The van der Waals surface area contributed by atoms with Crippen molar-refractivity contribution in [2.45, 2.75) is 84.0 Å². The smallest absolute Gasteiger partial charge is 0.354 e. The van der Waals surface area contributed by atoms with Crippen LogP contribution in [-0.2, 0) is 18.4 Å². The third-order valence-electron chi connectivity index (χ3n) is 6.48. The van der Waals surface area contributed by atoms with Crippen LogP contribution in [0, 0.1) is 0 Å². The summed E-state index contributed by atoms with van der Waals surface area (Å²) in [6, 6.07) is 6.44. The summed E-state index contributed by atoms with van der Waals surface area (Å²) in [5, 5.41) is 2.66. The number of rotatable bonds is 22. The molecule has 0 spiro atoms. The lowest BCUT2D eigenvalue weighted by Crippen LogP contribution is -2.33. The number of nitrogens with zero attached hydrogens (tertiary/aromatic N) is 1. The first-order valence-electron chi connectivity index (χ1n) is 14.5. The van der Waals surface area contributed by atoms with Crippen LogP contribution in [0.2, 0.25) is 0 Å². The molecule has 1 aromatic rings. The minimum absolute atomic E-state index is 0.0748. The van der Waals surface area contributed by atoms with Crippen molar-refractivity contribution < 1.29 is 32.9 Å². The molecule has 0 fully saturated rings. The van der Waals surface area contributed by atoms with Gasteiger partial charge in [0.05, 0.1) is 30.9 Å². The van der Waals surface area contributed by atoms with Gasteiger partial charge in [0, 0.05) is 13.0 Å². The van der Waals surface area contributed by atoms with E-state index in [4.69, 9.17) is 9.05 Å². The lowest BCUT2D eigenvalue weighted by atomic mass is 10.1. The molecule has 1 heterocycles. The zero-order valence-electron chi connectivity index (χ0n) is 23.7. The average Bonchev–Trinajstić information content (AvgIpc) is 3.18. The van der Waals surface area contributed by atoms with E-state index >= 15 is 0 Å². The molecule has 1 unspecified atom stereocenters. The molecule has 0 saturated carbocycles. The molecule has 9 nitrogen and oxygen atoms in total. The molecule has 10 heteroatoms. The lowest BCUT2D eigenvalue weighted by Gasteiger charge is -2.16. The molecule has 1 aliphatic rings. The minimum atomic E-state index is -4.38. The van der Waals surface area contributed by atoms with Gasteiger partial charge in [-0.2, -0.15) is 0 Å². The number of carbonyl (C=O) groups is 3. The van der Waals surface area contributed by atoms with Crippen LogP contribution in [-0.4, -0.2) is 53.8 Å². The summed E-state index contributed by atoms with van der Waals surface area (Å²) < 4.78 is 21.8. The van der Waals surface area contributed by atoms with E-state index in [1.54, 1.807) is 24.3 Å². The molecule has 222 valence electrons. The Kier molecular flexibility index (Phi) is 16.4. The van der Waals surface area contributed by atoms with Gasteiger partial charge in [-0.15, -0.1) is 0 Å². The van der Waals surface area contributed by atoms with E-state index in [2.05, 4.69) is 36.5 Å². The van der Waals surface area contributed by atoms with Gasteiger partial charge in [0.15, 0.2) is 0 Å². The first kappa shape index (κ1) is 33.6. The van der Waals surface area contributed by atoms with Gasteiger partial charge in [0.25, 0.3) is 11.8 Å². The lowest BCUT2D eigenvalue weighted by molar-refractivity contribution is -0.121. The Hall–Kier alpha value is -2.58. The molecule has 0 aromatic heterocycles. The maximum atomic E-state index is 12.3. The predicted molar refractivity (Wildman–Crippen MR) is 156 cm³/mol. The number of carbonyl (C=O) groups excluding carboxylic acids is 3. The Labute approximate surface area is 238 Å². The fourth-order valence-corrected chi connectivity index (χ4v) is 4.97. The number of hydrogen-bond donors (Lipinski definition) is 2. The number of hydrogen-bond acceptors (Lipinski definition) is 6. The van der Waals surface area contributed by atoms with E-state index in [1.807, 2.05) is 0 Å². The first-order chi connectivity index (χ1) is 19.4. The molecular formula is C30H45N2O7P. The van der Waals surface area contributed by atoms with E-state index in [1.165, 1.54) is 25.7 Å². The topological polar surface area (TPSA) is 122 Å². The fourth-order valence-electron chi connectivity index (χ4n) is 4.26.